The summed E-state index contributed by atoms with van der Waals surface area (Å²) in [5, 5.41) is 3.48. The van der Waals surface area contributed by atoms with Gasteiger partial charge in [0.25, 0.3) is 5.56 Å². The molecule has 132 valence electrons. The van der Waals surface area contributed by atoms with Gasteiger partial charge in [0.2, 0.25) is 5.91 Å². The van der Waals surface area contributed by atoms with Gasteiger partial charge in [0.1, 0.15) is 6.54 Å². The SMILES string of the molecule is C[C@@H](NC(=O)Cn1c(=O)[nH]c(=O)c2ccccc21)[C@@H]1C[C@H]2CC[C@H]1C2. The van der Waals surface area contributed by atoms with E-state index in [1.807, 2.05) is 0 Å². The van der Waals surface area contributed by atoms with Crippen LogP contribution in [0.25, 0.3) is 10.9 Å². The number of rotatable bonds is 4. The van der Waals surface area contributed by atoms with Crippen LogP contribution in [-0.4, -0.2) is 21.5 Å². The Bertz CT molecular complexity index is 929. The second-order valence-corrected chi connectivity index (χ2v) is 7.56. The molecule has 1 aromatic heterocycles. The first-order valence-electron chi connectivity index (χ1n) is 9.04. The fourth-order valence-electron chi connectivity index (χ4n) is 4.86. The van der Waals surface area contributed by atoms with Crippen LogP contribution >= 0.6 is 0 Å². The zero-order valence-electron chi connectivity index (χ0n) is 14.3. The molecule has 6 nitrogen and oxygen atoms in total. The summed E-state index contributed by atoms with van der Waals surface area (Å²) in [5.74, 6) is 1.93. The molecule has 25 heavy (non-hydrogen) atoms. The number of nitrogens with zero attached hydrogens (tertiary/aromatic N) is 1. The Kier molecular flexibility index (Phi) is 3.98. The van der Waals surface area contributed by atoms with Crippen LogP contribution in [-0.2, 0) is 11.3 Å². The Labute approximate surface area is 145 Å². The second-order valence-electron chi connectivity index (χ2n) is 7.56. The molecule has 2 aromatic rings. The third kappa shape index (κ3) is 2.90. The van der Waals surface area contributed by atoms with Crippen LogP contribution in [0.4, 0.5) is 0 Å². The van der Waals surface area contributed by atoms with Gasteiger partial charge in [0.05, 0.1) is 10.9 Å². The highest BCUT2D eigenvalue weighted by atomic mass is 16.2. The minimum absolute atomic E-state index is 0.0821. The predicted molar refractivity (Wildman–Crippen MR) is 95.4 cm³/mol. The maximum atomic E-state index is 12.5. The van der Waals surface area contributed by atoms with Gasteiger partial charge in [-0.25, -0.2) is 4.79 Å². The van der Waals surface area contributed by atoms with E-state index in [4.69, 9.17) is 0 Å². The van der Waals surface area contributed by atoms with Gasteiger partial charge in [0, 0.05) is 6.04 Å². The number of para-hydroxylation sites is 1. The minimum Gasteiger partial charge on any atom is -0.352 e. The van der Waals surface area contributed by atoms with Gasteiger partial charge in [-0.15, -0.1) is 0 Å². The van der Waals surface area contributed by atoms with Crippen molar-refractivity contribution in [3.8, 4) is 0 Å². The van der Waals surface area contributed by atoms with Gasteiger partial charge < -0.3 is 5.32 Å². The molecule has 2 N–H and O–H groups in total. The molecule has 2 saturated carbocycles. The summed E-state index contributed by atoms with van der Waals surface area (Å²) in [4.78, 5) is 38.8. The minimum atomic E-state index is -0.550. The summed E-state index contributed by atoms with van der Waals surface area (Å²) in [5.41, 5.74) is -0.488. The molecule has 0 unspecified atom stereocenters. The Morgan fingerprint density at radius 2 is 2.08 bits per heavy atom. The number of benzene rings is 1. The lowest BCUT2D eigenvalue weighted by molar-refractivity contribution is -0.122. The molecule has 0 aliphatic heterocycles. The summed E-state index contributed by atoms with van der Waals surface area (Å²) in [6.07, 6.45) is 5.11. The van der Waals surface area contributed by atoms with Gasteiger partial charge in [-0.3, -0.25) is 19.1 Å². The first kappa shape index (κ1) is 16.1. The van der Waals surface area contributed by atoms with E-state index in [2.05, 4.69) is 17.2 Å². The molecular weight excluding hydrogens is 318 g/mol. The van der Waals surface area contributed by atoms with Crippen LogP contribution < -0.4 is 16.6 Å². The van der Waals surface area contributed by atoms with Crippen molar-refractivity contribution in [3.05, 3.63) is 45.1 Å². The molecule has 0 saturated heterocycles. The molecular formula is C19H23N3O3. The number of hydrogen-bond donors (Lipinski definition) is 2. The number of aromatic amines is 1. The number of carbonyl (C=O) groups excluding carboxylic acids is 1. The van der Waals surface area contributed by atoms with E-state index < -0.39 is 11.2 Å². The summed E-state index contributed by atoms with van der Waals surface area (Å²) in [6, 6.07) is 6.96. The zero-order valence-corrected chi connectivity index (χ0v) is 14.3. The number of H-pyrrole nitrogens is 1. The average Bonchev–Trinajstić information content (AvgIpc) is 3.22. The number of aromatic nitrogens is 2. The van der Waals surface area contributed by atoms with E-state index in [9.17, 15) is 14.4 Å². The highest BCUT2D eigenvalue weighted by Gasteiger charge is 2.42. The fraction of sp³-hybridized carbons (Fsp3) is 0.526. The number of hydrogen-bond acceptors (Lipinski definition) is 3. The van der Waals surface area contributed by atoms with Gasteiger partial charge in [0.15, 0.2) is 0 Å². The van der Waals surface area contributed by atoms with Crippen molar-refractivity contribution in [1.82, 2.24) is 14.9 Å². The van der Waals surface area contributed by atoms with Crippen LogP contribution in [0, 0.1) is 17.8 Å². The average molecular weight is 341 g/mol. The number of amides is 1. The lowest BCUT2D eigenvalue weighted by Gasteiger charge is -2.28. The van der Waals surface area contributed by atoms with Crippen molar-refractivity contribution in [2.24, 2.45) is 17.8 Å². The molecule has 2 bridgehead atoms. The Hall–Kier alpha value is -2.37. The second kappa shape index (κ2) is 6.17. The summed E-state index contributed by atoms with van der Waals surface area (Å²) < 4.78 is 1.33. The predicted octanol–water partition coefficient (Wildman–Crippen LogP) is 1.63. The van der Waals surface area contributed by atoms with E-state index in [1.54, 1.807) is 24.3 Å². The maximum Gasteiger partial charge on any atom is 0.329 e. The van der Waals surface area contributed by atoms with E-state index in [0.29, 0.717) is 16.8 Å². The highest BCUT2D eigenvalue weighted by Crippen LogP contribution is 2.49. The summed E-state index contributed by atoms with van der Waals surface area (Å²) >= 11 is 0. The number of fused-ring (bicyclic) bond motifs is 3. The van der Waals surface area contributed by atoms with E-state index in [-0.39, 0.29) is 18.5 Å². The molecule has 0 radical (unpaired) electrons. The van der Waals surface area contributed by atoms with Gasteiger partial charge in [-0.2, -0.15) is 0 Å². The topological polar surface area (TPSA) is 84.0 Å². The molecule has 2 aliphatic carbocycles. The third-order valence-corrected chi connectivity index (χ3v) is 6.03. The van der Waals surface area contributed by atoms with Crippen molar-refractivity contribution in [1.29, 1.82) is 0 Å². The normalized spacial score (nSPS) is 26.0. The van der Waals surface area contributed by atoms with Crippen molar-refractivity contribution in [2.75, 3.05) is 0 Å². The molecule has 4 atom stereocenters. The quantitative estimate of drug-likeness (QED) is 0.886. The zero-order chi connectivity index (χ0) is 17.6. The Morgan fingerprint density at radius 3 is 2.80 bits per heavy atom. The number of nitrogens with one attached hydrogen (secondary N) is 2. The van der Waals surface area contributed by atoms with Crippen molar-refractivity contribution in [3.63, 3.8) is 0 Å². The molecule has 0 spiro atoms. The molecule has 2 aliphatic rings. The Morgan fingerprint density at radius 1 is 1.28 bits per heavy atom. The van der Waals surface area contributed by atoms with Crippen LogP contribution in [0.1, 0.15) is 32.6 Å². The molecule has 2 fully saturated rings. The lowest BCUT2D eigenvalue weighted by Crippen LogP contribution is -2.43. The third-order valence-electron chi connectivity index (χ3n) is 6.03. The van der Waals surface area contributed by atoms with Gasteiger partial charge in [-0.05, 0) is 56.1 Å². The van der Waals surface area contributed by atoms with Crippen LogP contribution in [0.15, 0.2) is 33.9 Å². The lowest BCUT2D eigenvalue weighted by atomic mass is 9.84. The number of carbonyl (C=O) groups is 1. The summed E-state index contributed by atoms with van der Waals surface area (Å²) in [7, 11) is 0. The monoisotopic (exact) mass is 341 g/mol. The van der Waals surface area contributed by atoms with Crippen molar-refractivity contribution >= 4 is 16.8 Å². The smallest absolute Gasteiger partial charge is 0.329 e. The van der Waals surface area contributed by atoms with Crippen LogP contribution in [0.2, 0.25) is 0 Å². The fourth-order valence-corrected chi connectivity index (χ4v) is 4.86. The van der Waals surface area contributed by atoms with Crippen molar-refractivity contribution in [2.45, 2.75) is 45.2 Å². The van der Waals surface area contributed by atoms with E-state index in [1.165, 1.54) is 30.3 Å². The van der Waals surface area contributed by atoms with Gasteiger partial charge >= 0.3 is 5.69 Å². The molecule has 1 amide bonds. The van der Waals surface area contributed by atoms with Crippen LogP contribution in [0.3, 0.4) is 0 Å². The van der Waals surface area contributed by atoms with E-state index in [0.717, 1.165) is 11.8 Å². The van der Waals surface area contributed by atoms with Gasteiger partial charge in [-0.1, -0.05) is 18.6 Å². The summed E-state index contributed by atoms with van der Waals surface area (Å²) in [6.45, 7) is 1.98. The first-order valence-corrected chi connectivity index (χ1v) is 9.04. The Balaban J connectivity index is 1.52. The molecule has 4 rings (SSSR count). The molecule has 6 heteroatoms. The van der Waals surface area contributed by atoms with Crippen molar-refractivity contribution < 1.29 is 4.79 Å². The standard InChI is InChI=1S/C19H23N3O3/c1-11(15-9-12-6-7-13(15)8-12)20-17(23)10-22-16-5-3-2-4-14(16)18(24)21-19(22)25/h2-5,11-13,15H,6-10H2,1H3,(H,20,23)(H,21,24,25)/t11-,12+,13+,15+/m1/s1. The van der Waals surface area contributed by atoms with E-state index >= 15 is 0 Å². The highest BCUT2D eigenvalue weighted by molar-refractivity contribution is 5.81. The maximum absolute atomic E-state index is 12.5. The molecule has 1 aromatic carbocycles. The van der Waals surface area contributed by atoms with Crippen LogP contribution in [0.5, 0.6) is 0 Å². The largest absolute Gasteiger partial charge is 0.352 e. The molecule has 1 heterocycles. The first-order chi connectivity index (χ1) is 12.0.